The average molecular weight is 362 g/mol. The Morgan fingerprint density at radius 2 is 2.00 bits per heavy atom. The summed E-state index contributed by atoms with van der Waals surface area (Å²) in [7, 11) is 0. The summed E-state index contributed by atoms with van der Waals surface area (Å²) in [5, 5.41) is 31.4. The molecule has 0 saturated heterocycles. The van der Waals surface area contributed by atoms with Gasteiger partial charge in [-0.3, -0.25) is 9.59 Å². The lowest BCUT2D eigenvalue weighted by molar-refractivity contribution is -0.154. The van der Waals surface area contributed by atoms with Gasteiger partial charge >= 0.3 is 0 Å². The van der Waals surface area contributed by atoms with Crippen molar-refractivity contribution in [1.82, 2.24) is 0 Å². The zero-order valence-corrected chi connectivity index (χ0v) is 15.6. The summed E-state index contributed by atoms with van der Waals surface area (Å²) in [5.74, 6) is 0.175. The van der Waals surface area contributed by atoms with Crippen LogP contribution in [-0.2, 0) is 9.59 Å². The molecule has 8 atom stereocenters. The highest BCUT2D eigenvalue weighted by Crippen LogP contribution is 2.66. The number of carbonyl (C=O) groups is 2. The Morgan fingerprint density at radius 1 is 1.27 bits per heavy atom. The van der Waals surface area contributed by atoms with Gasteiger partial charge < -0.3 is 15.3 Å². The van der Waals surface area contributed by atoms with Crippen molar-refractivity contribution in [2.24, 2.45) is 34.5 Å². The van der Waals surface area contributed by atoms with E-state index in [1.165, 1.54) is 0 Å². The van der Waals surface area contributed by atoms with Crippen molar-refractivity contribution >= 4 is 11.6 Å². The van der Waals surface area contributed by atoms with Crippen LogP contribution in [-0.4, -0.2) is 45.7 Å². The van der Waals surface area contributed by atoms with Crippen molar-refractivity contribution in [1.29, 1.82) is 0 Å². The molecule has 0 aromatic carbocycles. The molecule has 4 rings (SSSR count). The SMILES string of the molecule is C[C@]12C[C@H](O)[C@H]3[C@@H](C[C@@H](O)C4=CC(=O)CC[C@@]43C)[C@@H]1CC[C@@H]2C(=O)CO. The predicted molar refractivity (Wildman–Crippen MR) is 95.1 cm³/mol. The van der Waals surface area contributed by atoms with E-state index in [2.05, 4.69) is 13.8 Å². The quantitative estimate of drug-likeness (QED) is 0.694. The first-order valence-corrected chi connectivity index (χ1v) is 9.97. The van der Waals surface area contributed by atoms with Crippen LogP contribution in [0.5, 0.6) is 0 Å². The van der Waals surface area contributed by atoms with Crippen molar-refractivity contribution in [3.8, 4) is 0 Å². The van der Waals surface area contributed by atoms with Crippen LogP contribution in [0.4, 0.5) is 0 Å². The molecule has 3 saturated carbocycles. The molecule has 4 aliphatic carbocycles. The zero-order valence-electron chi connectivity index (χ0n) is 15.6. The van der Waals surface area contributed by atoms with E-state index in [1.54, 1.807) is 6.08 Å². The van der Waals surface area contributed by atoms with E-state index in [9.17, 15) is 24.9 Å². The number of carbonyl (C=O) groups excluding carboxylic acids is 2. The lowest BCUT2D eigenvalue weighted by atomic mass is 9.45. The molecule has 0 aromatic heterocycles. The summed E-state index contributed by atoms with van der Waals surface area (Å²) in [6.45, 7) is 3.75. The fourth-order valence-corrected chi connectivity index (χ4v) is 7.38. The summed E-state index contributed by atoms with van der Waals surface area (Å²) >= 11 is 0. The highest BCUT2D eigenvalue weighted by molar-refractivity contribution is 5.92. The van der Waals surface area contributed by atoms with Gasteiger partial charge in [0.05, 0.1) is 12.2 Å². The summed E-state index contributed by atoms with van der Waals surface area (Å²) in [6.07, 6.45) is 4.34. The molecule has 0 heterocycles. The minimum atomic E-state index is -0.646. The van der Waals surface area contributed by atoms with Gasteiger partial charge in [0.25, 0.3) is 0 Å². The average Bonchev–Trinajstić information content (AvgIpc) is 2.92. The van der Waals surface area contributed by atoms with Crippen LogP contribution in [0.3, 0.4) is 0 Å². The van der Waals surface area contributed by atoms with Crippen LogP contribution in [0.1, 0.15) is 52.4 Å². The van der Waals surface area contributed by atoms with Gasteiger partial charge in [0, 0.05) is 12.3 Å². The third kappa shape index (κ3) is 2.33. The molecule has 0 amide bonds. The van der Waals surface area contributed by atoms with Crippen molar-refractivity contribution in [2.75, 3.05) is 6.61 Å². The third-order valence-electron chi connectivity index (χ3n) is 8.45. The smallest absolute Gasteiger partial charge is 0.161 e. The second-order valence-electron chi connectivity index (χ2n) is 9.56. The molecule has 144 valence electrons. The van der Waals surface area contributed by atoms with Gasteiger partial charge in [-0.1, -0.05) is 13.8 Å². The van der Waals surface area contributed by atoms with E-state index in [-0.39, 0.29) is 46.1 Å². The molecule has 3 N–H and O–H groups in total. The molecule has 0 radical (unpaired) electrons. The highest BCUT2D eigenvalue weighted by atomic mass is 16.3. The minimum Gasteiger partial charge on any atom is -0.393 e. The van der Waals surface area contributed by atoms with Gasteiger partial charge in [-0.2, -0.15) is 0 Å². The van der Waals surface area contributed by atoms with Crippen LogP contribution in [0.2, 0.25) is 0 Å². The highest BCUT2D eigenvalue weighted by Gasteiger charge is 2.64. The van der Waals surface area contributed by atoms with Gasteiger partial charge in [-0.15, -0.1) is 0 Å². The van der Waals surface area contributed by atoms with Gasteiger partial charge in [-0.05, 0) is 72.3 Å². The number of ketones is 2. The van der Waals surface area contributed by atoms with Crippen molar-refractivity contribution in [2.45, 2.75) is 64.6 Å². The maximum atomic E-state index is 12.3. The molecule has 0 aromatic rings. The molecule has 0 spiro atoms. The number of aliphatic hydroxyl groups is 3. The van der Waals surface area contributed by atoms with Crippen LogP contribution < -0.4 is 0 Å². The maximum Gasteiger partial charge on any atom is 0.161 e. The van der Waals surface area contributed by atoms with E-state index in [0.29, 0.717) is 25.7 Å². The molecular formula is C21H30O5. The van der Waals surface area contributed by atoms with E-state index in [1.807, 2.05) is 0 Å². The zero-order chi connectivity index (χ0) is 18.9. The molecule has 5 nitrogen and oxygen atoms in total. The first-order chi connectivity index (χ1) is 12.2. The number of rotatable bonds is 2. The Balaban J connectivity index is 1.74. The summed E-state index contributed by atoms with van der Waals surface area (Å²) in [5.41, 5.74) is 0.136. The van der Waals surface area contributed by atoms with E-state index in [4.69, 9.17) is 0 Å². The number of hydrogen-bond donors (Lipinski definition) is 3. The Bertz CT molecular complexity index is 669. The van der Waals surface area contributed by atoms with Crippen molar-refractivity contribution in [3.05, 3.63) is 11.6 Å². The van der Waals surface area contributed by atoms with E-state index < -0.39 is 18.8 Å². The summed E-state index contributed by atoms with van der Waals surface area (Å²) < 4.78 is 0. The number of hydrogen-bond acceptors (Lipinski definition) is 5. The molecule has 0 unspecified atom stereocenters. The van der Waals surface area contributed by atoms with Crippen molar-refractivity contribution in [3.63, 3.8) is 0 Å². The van der Waals surface area contributed by atoms with E-state index >= 15 is 0 Å². The Morgan fingerprint density at radius 3 is 2.69 bits per heavy atom. The second kappa shape index (κ2) is 5.98. The van der Waals surface area contributed by atoms with Crippen LogP contribution in [0.25, 0.3) is 0 Å². The van der Waals surface area contributed by atoms with Gasteiger partial charge in [0.15, 0.2) is 11.6 Å². The fourth-order valence-electron chi connectivity index (χ4n) is 7.38. The maximum absolute atomic E-state index is 12.3. The molecule has 0 aliphatic heterocycles. The van der Waals surface area contributed by atoms with Crippen molar-refractivity contribution < 1.29 is 24.9 Å². The lowest BCUT2D eigenvalue weighted by Crippen LogP contribution is -2.59. The van der Waals surface area contributed by atoms with E-state index in [0.717, 1.165) is 18.4 Å². The molecule has 5 heteroatoms. The second-order valence-corrected chi connectivity index (χ2v) is 9.56. The molecular weight excluding hydrogens is 332 g/mol. The predicted octanol–water partition coefficient (Wildman–Crippen LogP) is 1.64. The van der Waals surface area contributed by atoms with Crippen LogP contribution >= 0.6 is 0 Å². The number of Topliss-reactive ketones (excluding diaryl/α,β-unsaturated/α-hetero) is 1. The van der Waals surface area contributed by atoms with Gasteiger partial charge in [0.2, 0.25) is 0 Å². The van der Waals surface area contributed by atoms with Gasteiger partial charge in [-0.25, -0.2) is 0 Å². The lowest BCUT2D eigenvalue weighted by Gasteiger charge is -2.60. The normalized spacial score (nSPS) is 50.5. The van der Waals surface area contributed by atoms with Gasteiger partial charge in [0.1, 0.15) is 6.61 Å². The summed E-state index contributed by atoms with van der Waals surface area (Å²) in [4.78, 5) is 24.2. The monoisotopic (exact) mass is 362 g/mol. The Hall–Kier alpha value is -1.04. The fraction of sp³-hybridized carbons (Fsp3) is 0.810. The Kier molecular flexibility index (Phi) is 4.22. The number of fused-ring (bicyclic) bond motifs is 5. The summed E-state index contributed by atoms with van der Waals surface area (Å²) in [6, 6.07) is 0. The van der Waals surface area contributed by atoms with Crippen LogP contribution in [0.15, 0.2) is 11.6 Å². The molecule has 3 fully saturated rings. The molecule has 4 aliphatic rings. The Labute approximate surface area is 154 Å². The van der Waals surface area contributed by atoms with Crippen LogP contribution in [0, 0.1) is 34.5 Å². The minimum absolute atomic E-state index is 0.0197. The standard InChI is InChI=1S/C21H30O5/c1-20-6-5-11(23)7-15(20)16(24)8-12-13-3-4-14(18(26)10-22)21(13,2)9-17(25)19(12)20/h7,12-14,16-17,19,22,24-25H,3-6,8-10H2,1-2H3/t12-,13-,14+,16+,17-,19+,20-,21-/m0/s1. The molecule has 26 heavy (non-hydrogen) atoms. The largest absolute Gasteiger partial charge is 0.393 e. The topological polar surface area (TPSA) is 94.8 Å². The first kappa shape index (κ1) is 18.3. The first-order valence-electron chi connectivity index (χ1n) is 9.97. The number of aliphatic hydroxyl groups excluding tert-OH is 3. The third-order valence-corrected chi connectivity index (χ3v) is 8.45. The molecule has 0 bridgehead atoms.